The minimum absolute atomic E-state index is 0.131. The molecule has 170 valence electrons. The summed E-state index contributed by atoms with van der Waals surface area (Å²) in [4.78, 5) is 30.5. The van der Waals surface area contributed by atoms with Gasteiger partial charge in [-0.1, -0.05) is 0 Å². The van der Waals surface area contributed by atoms with Gasteiger partial charge in [-0.25, -0.2) is 0 Å². The van der Waals surface area contributed by atoms with E-state index in [9.17, 15) is 14.7 Å². The Kier molecular flexibility index (Phi) is 5.61. The van der Waals surface area contributed by atoms with Gasteiger partial charge in [-0.05, 0) is 68.1 Å². The summed E-state index contributed by atoms with van der Waals surface area (Å²) in [5.74, 6) is 0.697. The second kappa shape index (κ2) is 8.56. The number of ether oxygens (including phenoxy) is 1. The van der Waals surface area contributed by atoms with Crippen LogP contribution in [0.3, 0.4) is 0 Å². The molecule has 0 spiro atoms. The van der Waals surface area contributed by atoms with Crippen LogP contribution < -0.4 is 4.74 Å². The normalized spacial score (nSPS) is 28.9. The van der Waals surface area contributed by atoms with Crippen molar-refractivity contribution in [3.63, 3.8) is 0 Å². The van der Waals surface area contributed by atoms with Gasteiger partial charge in [-0.2, -0.15) is 5.10 Å². The van der Waals surface area contributed by atoms with Crippen molar-refractivity contribution in [1.82, 2.24) is 20.1 Å². The van der Waals surface area contributed by atoms with E-state index in [2.05, 4.69) is 15.2 Å². The summed E-state index contributed by atoms with van der Waals surface area (Å²) in [6.45, 7) is 2.11. The summed E-state index contributed by atoms with van der Waals surface area (Å²) >= 11 is 0. The van der Waals surface area contributed by atoms with Gasteiger partial charge in [0.2, 0.25) is 5.91 Å². The van der Waals surface area contributed by atoms with Crippen LogP contribution in [0.4, 0.5) is 0 Å². The number of carboxylic acids is 1. The van der Waals surface area contributed by atoms with E-state index in [1.54, 1.807) is 12.4 Å². The van der Waals surface area contributed by atoms with Crippen molar-refractivity contribution in [1.29, 1.82) is 0 Å². The molecule has 3 heterocycles. The minimum atomic E-state index is -0.665. The number of likely N-dealkylation sites (tertiary alicyclic amines) is 1. The summed E-state index contributed by atoms with van der Waals surface area (Å²) < 4.78 is 5.96. The molecule has 3 aliphatic rings. The fraction of sp³-hybridized carbons (Fsp3) is 0.583. The second-order valence-corrected chi connectivity index (χ2v) is 9.66. The molecule has 32 heavy (non-hydrogen) atoms. The van der Waals surface area contributed by atoms with Crippen LogP contribution in [0.25, 0.3) is 11.4 Å². The van der Waals surface area contributed by atoms with Gasteiger partial charge in [0, 0.05) is 31.6 Å². The molecule has 1 saturated heterocycles. The Morgan fingerprint density at radius 1 is 1.28 bits per heavy atom. The summed E-state index contributed by atoms with van der Waals surface area (Å²) in [5, 5.41) is 16.1. The van der Waals surface area contributed by atoms with Crippen LogP contribution in [0.1, 0.15) is 44.9 Å². The molecule has 5 rings (SSSR count). The number of nitrogens with zero attached hydrogens (tertiary/aromatic N) is 3. The molecule has 2 saturated carbocycles. The van der Waals surface area contributed by atoms with E-state index in [4.69, 9.17) is 4.74 Å². The molecule has 0 radical (unpaired) electrons. The van der Waals surface area contributed by atoms with Crippen LogP contribution in [0.2, 0.25) is 0 Å². The predicted molar refractivity (Wildman–Crippen MR) is 117 cm³/mol. The number of rotatable bonds is 8. The number of hydrogen-bond acceptors (Lipinski definition) is 5. The predicted octanol–water partition coefficient (Wildman–Crippen LogP) is 3.37. The molecule has 3 fully saturated rings. The topological polar surface area (TPSA) is 108 Å². The molecule has 2 aliphatic carbocycles. The zero-order chi connectivity index (χ0) is 22.1. The number of pyridine rings is 1. The van der Waals surface area contributed by atoms with Gasteiger partial charge in [0.25, 0.3) is 0 Å². The summed E-state index contributed by atoms with van der Waals surface area (Å²) in [7, 11) is 0. The second-order valence-electron chi connectivity index (χ2n) is 9.66. The van der Waals surface area contributed by atoms with E-state index < -0.39 is 5.97 Å². The van der Waals surface area contributed by atoms with Crippen molar-refractivity contribution < 1.29 is 19.4 Å². The maximum absolute atomic E-state index is 12.9. The Morgan fingerprint density at radius 3 is 2.84 bits per heavy atom. The van der Waals surface area contributed by atoms with E-state index in [-0.39, 0.29) is 17.2 Å². The fourth-order valence-electron chi connectivity index (χ4n) is 5.87. The number of carboxylic acid groups (broad SMARTS) is 1. The highest BCUT2D eigenvalue weighted by Crippen LogP contribution is 2.66. The number of amides is 1. The Bertz CT molecular complexity index is 961. The molecule has 2 aromatic rings. The molecule has 3 unspecified atom stereocenters. The maximum Gasteiger partial charge on any atom is 0.306 e. The third kappa shape index (κ3) is 3.98. The quantitative estimate of drug-likeness (QED) is 0.654. The van der Waals surface area contributed by atoms with E-state index in [0.29, 0.717) is 24.9 Å². The van der Waals surface area contributed by atoms with Crippen LogP contribution in [0.5, 0.6) is 5.75 Å². The average molecular weight is 439 g/mol. The van der Waals surface area contributed by atoms with E-state index in [1.807, 2.05) is 23.1 Å². The number of piperidine rings is 1. The van der Waals surface area contributed by atoms with Crippen molar-refractivity contribution >= 4 is 11.9 Å². The van der Waals surface area contributed by atoms with Crippen LogP contribution in [0.15, 0.2) is 30.6 Å². The first kappa shape index (κ1) is 21.0. The highest BCUT2D eigenvalue weighted by atomic mass is 16.5. The van der Waals surface area contributed by atoms with Gasteiger partial charge in [0.05, 0.1) is 30.1 Å². The monoisotopic (exact) mass is 438 g/mol. The van der Waals surface area contributed by atoms with E-state index >= 15 is 0 Å². The standard InChI is InChI=1S/C24H30N4O4/c29-22(6-9-24-8-5-19(24)18(12-24)23(30)31)28-11-1-2-16(14-28)15-32-17-3-4-20(25-13-17)21-7-10-26-27-21/h3-4,7,10,13,16,18-19H,1-2,5-6,8-9,11-12,14-15H2,(H,26,27)(H,30,31)/t16-,18?,19?,24?/m1/s1. The Morgan fingerprint density at radius 2 is 2.19 bits per heavy atom. The van der Waals surface area contributed by atoms with Gasteiger partial charge in [-0.3, -0.25) is 19.7 Å². The lowest BCUT2D eigenvalue weighted by Gasteiger charge is -2.62. The van der Waals surface area contributed by atoms with Crippen molar-refractivity contribution in [3.05, 3.63) is 30.6 Å². The molecular weight excluding hydrogens is 408 g/mol. The number of aromatic nitrogens is 3. The summed E-state index contributed by atoms with van der Waals surface area (Å²) in [5.41, 5.74) is 1.82. The minimum Gasteiger partial charge on any atom is -0.492 e. The SMILES string of the molecule is O=C(O)C1CC2(CCC(=O)N3CCC[C@@H](COc4ccc(-c5ccn[nH]5)nc4)C3)CCC12. The molecule has 2 N–H and O–H groups in total. The summed E-state index contributed by atoms with van der Waals surface area (Å²) in [6.07, 6.45) is 9.68. The molecule has 1 aliphatic heterocycles. The van der Waals surface area contributed by atoms with E-state index in [0.717, 1.165) is 68.8 Å². The zero-order valence-electron chi connectivity index (χ0n) is 18.2. The third-order valence-electron chi connectivity index (χ3n) is 7.88. The number of hydrogen-bond donors (Lipinski definition) is 2. The van der Waals surface area contributed by atoms with Crippen molar-refractivity contribution in [3.8, 4) is 17.1 Å². The average Bonchev–Trinajstić information content (AvgIpc) is 3.34. The zero-order valence-corrected chi connectivity index (χ0v) is 18.2. The lowest BCUT2D eigenvalue weighted by Crippen LogP contribution is -2.58. The molecule has 4 atom stereocenters. The summed E-state index contributed by atoms with van der Waals surface area (Å²) in [6, 6.07) is 5.69. The number of H-pyrrole nitrogens is 1. The molecule has 0 bridgehead atoms. The van der Waals surface area contributed by atoms with E-state index in [1.165, 1.54) is 0 Å². The highest BCUT2D eigenvalue weighted by molar-refractivity contribution is 5.77. The fourth-order valence-corrected chi connectivity index (χ4v) is 5.87. The highest BCUT2D eigenvalue weighted by Gasteiger charge is 2.61. The first-order chi connectivity index (χ1) is 15.5. The van der Waals surface area contributed by atoms with Crippen molar-refractivity contribution in [2.24, 2.45) is 23.2 Å². The van der Waals surface area contributed by atoms with Gasteiger partial charge >= 0.3 is 5.97 Å². The van der Waals surface area contributed by atoms with Crippen LogP contribution in [-0.2, 0) is 9.59 Å². The molecule has 2 aromatic heterocycles. The molecule has 1 amide bonds. The van der Waals surface area contributed by atoms with Gasteiger partial charge < -0.3 is 14.7 Å². The number of carbonyl (C=O) groups excluding carboxylic acids is 1. The number of aliphatic carboxylic acids is 1. The van der Waals surface area contributed by atoms with Crippen LogP contribution in [-0.4, -0.2) is 56.8 Å². The van der Waals surface area contributed by atoms with Crippen LogP contribution in [0, 0.1) is 23.2 Å². The maximum atomic E-state index is 12.9. The number of fused-ring (bicyclic) bond motifs is 1. The van der Waals surface area contributed by atoms with Gasteiger partial charge in [0.15, 0.2) is 0 Å². The number of carbonyl (C=O) groups is 2. The van der Waals surface area contributed by atoms with Gasteiger partial charge in [-0.15, -0.1) is 0 Å². The lowest BCUT2D eigenvalue weighted by atomic mass is 9.41. The van der Waals surface area contributed by atoms with Crippen molar-refractivity contribution in [2.45, 2.75) is 44.9 Å². The number of nitrogens with one attached hydrogen (secondary N) is 1. The molecular formula is C24H30N4O4. The Hall–Kier alpha value is -2.90. The lowest BCUT2D eigenvalue weighted by molar-refractivity contribution is -0.182. The largest absolute Gasteiger partial charge is 0.492 e. The van der Waals surface area contributed by atoms with Crippen molar-refractivity contribution in [2.75, 3.05) is 19.7 Å². The van der Waals surface area contributed by atoms with Gasteiger partial charge in [0.1, 0.15) is 5.75 Å². The Labute approximate surface area is 187 Å². The molecule has 8 nitrogen and oxygen atoms in total. The first-order valence-corrected chi connectivity index (χ1v) is 11.6. The third-order valence-corrected chi connectivity index (χ3v) is 7.88. The smallest absolute Gasteiger partial charge is 0.306 e. The Balaban J connectivity index is 1.08. The molecule has 8 heteroatoms. The number of aromatic amines is 1. The van der Waals surface area contributed by atoms with Crippen LogP contribution >= 0.6 is 0 Å². The first-order valence-electron chi connectivity index (χ1n) is 11.6. The molecule has 0 aromatic carbocycles.